The van der Waals surface area contributed by atoms with Crippen LogP contribution in [-0.4, -0.2) is 32.6 Å². The maximum absolute atomic E-state index is 12.6. The average Bonchev–Trinajstić information content (AvgIpc) is 3.11. The summed E-state index contributed by atoms with van der Waals surface area (Å²) in [5.74, 6) is 0. The molecular weight excluding hydrogens is 380 g/mol. The predicted octanol–water partition coefficient (Wildman–Crippen LogP) is 4.68. The molecule has 0 fully saturated rings. The van der Waals surface area contributed by atoms with Crippen LogP contribution in [-0.2, 0) is 17.7 Å². The van der Waals surface area contributed by atoms with Crippen molar-refractivity contribution in [2.45, 2.75) is 52.3 Å². The Morgan fingerprint density at radius 2 is 2.15 bits per heavy atom. The summed E-state index contributed by atoms with van der Waals surface area (Å²) in [5, 5.41) is 1.68. The van der Waals surface area contributed by atoms with Crippen LogP contribution < -0.4 is 5.73 Å². The number of rotatable bonds is 1. The first-order chi connectivity index (χ1) is 12.7. The van der Waals surface area contributed by atoms with Gasteiger partial charge in [0.1, 0.15) is 16.1 Å². The van der Waals surface area contributed by atoms with E-state index in [0.29, 0.717) is 6.54 Å². The maximum Gasteiger partial charge on any atom is 0.410 e. The average molecular weight is 403 g/mol. The molecule has 0 aliphatic carbocycles. The van der Waals surface area contributed by atoms with Gasteiger partial charge in [0, 0.05) is 22.7 Å². The highest BCUT2D eigenvalue weighted by Crippen LogP contribution is 2.45. The number of amides is 1. The molecule has 1 aliphatic rings. The van der Waals surface area contributed by atoms with E-state index in [1.807, 2.05) is 33.8 Å². The second kappa shape index (κ2) is 6.45. The van der Waals surface area contributed by atoms with Crippen molar-refractivity contribution in [2.75, 3.05) is 5.73 Å². The van der Waals surface area contributed by atoms with Gasteiger partial charge < -0.3 is 15.4 Å². The first-order valence-corrected chi connectivity index (χ1v) is 10.5. The van der Waals surface area contributed by atoms with E-state index in [-0.39, 0.29) is 12.1 Å². The van der Waals surface area contributed by atoms with Crippen molar-refractivity contribution in [1.82, 2.24) is 14.9 Å². The molecule has 0 spiro atoms. The second-order valence-corrected chi connectivity index (χ2v) is 9.93. The van der Waals surface area contributed by atoms with Gasteiger partial charge in [-0.1, -0.05) is 0 Å². The standard InChI is InChI=1S/C19H22N4O2S2/c1-10-7-11-14(9-23(10)18(24)25-19(2,3)4)26-16(20)15(11)17-22-12-8-21-6-5-13(12)27-17/h5-6,8,10H,7,9,20H2,1-4H3/t10-/m1/s1. The van der Waals surface area contributed by atoms with E-state index in [4.69, 9.17) is 15.5 Å². The van der Waals surface area contributed by atoms with E-state index in [2.05, 4.69) is 4.98 Å². The maximum atomic E-state index is 12.6. The number of fused-ring (bicyclic) bond motifs is 2. The van der Waals surface area contributed by atoms with Gasteiger partial charge in [-0.15, -0.1) is 22.7 Å². The van der Waals surface area contributed by atoms with E-state index < -0.39 is 5.60 Å². The highest BCUT2D eigenvalue weighted by molar-refractivity contribution is 7.22. The van der Waals surface area contributed by atoms with Gasteiger partial charge in [0.15, 0.2) is 0 Å². The van der Waals surface area contributed by atoms with Crippen LogP contribution in [0, 0.1) is 0 Å². The largest absolute Gasteiger partial charge is 0.444 e. The zero-order chi connectivity index (χ0) is 19.3. The van der Waals surface area contributed by atoms with Crippen LogP contribution >= 0.6 is 22.7 Å². The quantitative estimate of drug-likeness (QED) is 0.639. The molecule has 1 aliphatic heterocycles. The van der Waals surface area contributed by atoms with E-state index in [0.717, 1.165) is 37.1 Å². The van der Waals surface area contributed by atoms with Crippen LogP contribution in [0.2, 0.25) is 0 Å². The van der Waals surface area contributed by atoms with Crippen LogP contribution in [0.1, 0.15) is 38.1 Å². The smallest absolute Gasteiger partial charge is 0.410 e. The summed E-state index contributed by atoms with van der Waals surface area (Å²) in [7, 11) is 0. The number of carbonyl (C=O) groups is 1. The number of hydrogen-bond donors (Lipinski definition) is 1. The van der Waals surface area contributed by atoms with Crippen molar-refractivity contribution in [3.63, 3.8) is 0 Å². The second-order valence-electron chi connectivity index (χ2n) is 7.77. The van der Waals surface area contributed by atoms with Gasteiger partial charge in [0.25, 0.3) is 0 Å². The predicted molar refractivity (Wildman–Crippen MR) is 110 cm³/mol. The van der Waals surface area contributed by atoms with Crippen molar-refractivity contribution >= 4 is 44.0 Å². The van der Waals surface area contributed by atoms with Gasteiger partial charge in [0.2, 0.25) is 0 Å². The van der Waals surface area contributed by atoms with Crippen molar-refractivity contribution in [3.8, 4) is 10.6 Å². The third-order valence-corrected chi connectivity index (χ3v) is 6.60. The van der Waals surface area contributed by atoms with E-state index in [1.54, 1.807) is 40.0 Å². The number of hydrogen-bond acceptors (Lipinski definition) is 7. The molecule has 0 radical (unpaired) electrons. The molecular formula is C19H22N4O2S2. The number of thiazole rings is 1. The van der Waals surface area contributed by atoms with Crippen LogP contribution in [0.3, 0.4) is 0 Å². The summed E-state index contributed by atoms with van der Waals surface area (Å²) in [4.78, 5) is 24.3. The van der Waals surface area contributed by atoms with Gasteiger partial charge in [-0.05, 0) is 45.7 Å². The van der Waals surface area contributed by atoms with Crippen molar-refractivity contribution in [2.24, 2.45) is 0 Å². The first kappa shape index (κ1) is 18.2. The molecule has 0 unspecified atom stereocenters. The van der Waals surface area contributed by atoms with E-state index >= 15 is 0 Å². The van der Waals surface area contributed by atoms with E-state index in [1.165, 1.54) is 5.56 Å². The number of thiophene rings is 1. The molecule has 3 aromatic heterocycles. The number of nitrogen functional groups attached to an aromatic ring is 1. The zero-order valence-electron chi connectivity index (χ0n) is 15.8. The molecule has 2 N–H and O–H groups in total. The Morgan fingerprint density at radius 3 is 2.85 bits per heavy atom. The van der Waals surface area contributed by atoms with Crippen molar-refractivity contribution < 1.29 is 9.53 Å². The Bertz CT molecular complexity index is 986. The number of pyridine rings is 1. The lowest BCUT2D eigenvalue weighted by molar-refractivity contribution is 0.0142. The Hall–Kier alpha value is -2.19. The highest BCUT2D eigenvalue weighted by atomic mass is 32.1. The molecule has 0 saturated heterocycles. The summed E-state index contributed by atoms with van der Waals surface area (Å²) in [6.07, 6.45) is 4.01. The fourth-order valence-corrected chi connectivity index (χ4v) is 5.46. The number of nitrogens with two attached hydrogens (primary N) is 1. The van der Waals surface area contributed by atoms with Crippen molar-refractivity contribution in [1.29, 1.82) is 0 Å². The number of aromatic nitrogens is 2. The molecule has 4 heterocycles. The fourth-order valence-electron chi connectivity index (χ4n) is 3.28. The number of anilines is 1. The minimum Gasteiger partial charge on any atom is -0.444 e. The molecule has 0 aromatic carbocycles. The third-order valence-electron chi connectivity index (χ3n) is 4.50. The molecule has 6 nitrogen and oxygen atoms in total. The lowest BCUT2D eigenvalue weighted by atomic mass is 9.98. The SMILES string of the molecule is C[C@@H]1Cc2c(sc(N)c2-c2nc3cnccc3s2)CN1C(=O)OC(C)(C)C. The zero-order valence-corrected chi connectivity index (χ0v) is 17.4. The molecule has 4 rings (SSSR count). The Morgan fingerprint density at radius 1 is 1.37 bits per heavy atom. The third kappa shape index (κ3) is 3.39. The summed E-state index contributed by atoms with van der Waals surface area (Å²) >= 11 is 3.17. The molecule has 1 atom stereocenters. The monoisotopic (exact) mass is 402 g/mol. The van der Waals surface area contributed by atoms with Crippen LogP contribution in [0.4, 0.5) is 9.80 Å². The number of carbonyl (C=O) groups excluding carboxylic acids is 1. The number of nitrogens with zero attached hydrogens (tertiary/aromatic N) is 3. The van der Waals surface area contributed by atoms with E-state index in [9.17, 15) is 4.79 Å². The molecule has 3 aromatic rings. The minimum atomic E-state index is -0.508. The summed E-state index contributed by atoms with van der Waals surface area (Å²) in [6, 6.07) is 2.01. The summed E-state index contributed by atoms with van der Waals surface area (Å²) in [5.41, 5.74) is 8.98. The first-order valence-electron chi connectivity index (χ1n) is 8.83. The van der Waals surface area contributed by atoms with Gasteiger partial charge in [0.05, 0.1) is 22.4 Å². The van der Waals surface area contributed by atoms with Crippen LogP contribution in [0.15, 0.2) is 18.5 Å². The molecule has 0 saturated carbocycles. The van der Waals surface area contributed by atoms with Crippen molar-refractivity contribution in [3.05, 3.63) is 28.9 Å². The lowest BCUT2D eigenvalue weighted by Crippen LogP contribution is -2.44. The minimum absolute atomic E-state index is 0.0381. The Balaban J connectivity index is 1.69. The highest BCUT2D eigenvalue weighted by Gasteiger charge is 2.34. The lowest BCUT2D eigenvalue weighted by Gasteiger charge is -2.35. The van der Waals surface area contributed by atoms with Crippen LogP contribution in [0.25, 0.3) is 20.8 Å². The molecule has 27 heavy (non-hydrogen) atoms. The molecule has 142 valence electrons. The van der Waals surface area contributed by atoms with Gasteiger partial charge in [-0.25, -0.2) is 9.78 Å². The van der Waals surface area contributed by atoms with Gasteiger partial charge in [-0.2, -0.15) is 0 Å². The number of ether oxygens (including phenoxy) is 1. The normalized spacial score (nSPS) is 17.2. The topological polar surface area (TPSA) is 81.3 Å². The fraction of sp³-hybridized carbons (Fsp3) is 0.421. The Labute approximate surface area is 166 Å². The van der Waals surface area contributed by atoms with Gasteiger partial charge >= 0.3 is 6.09 Å². The Kier molecular flexibility index (Phi) is 4.35. The van der Waals surface area contributed by atoms with Crippen LogP contribution in [0.5, 0.6) is 0 Å². The van der Waals surface area contributed by atoms with Gasteiger partial charge in [-0.3, -0.25) is 4.98 Å². The summed E-state index contributed by atoms with van der Waals surface area (Å²) in [6.45, 7) is 8.22. The summed E-state index contributed by atoms with van der Waals surface area (Å²) < 4.78 is 6.66. The molecule has 0 bridgehead atoms. The molecule has 8 heteroatoms. The molecule has 1 amide bonds.